The van der Waals surface area contributed by atoms with Gasteiger partial charge in [0.15, 0.2) is 0 Å². The summed E-state index contributed by atoms with van der Waals surface area (Å²) < 4.78 is 36.8. The molecule has 0 aliphatic carbocycles. The van der Waals surface area contributed by atoms with Gasteiger partial charge in [-0.05, 0) is 32.9 Å². The second-order valence-electron chi connectivity index (χ2n) is 4.58. The quantitative estimate of drug-likeness (QED) is 0.833. The van der Waals surface area contributed by atoms with Crippen molar-refractivity contribution in [2.24, 2.45) is 0 Å². The van der Waals surface area contributed by atoms with Crippen LogP contribution in [-0.4, -0.2) is 16.5 Å². The first-order valence-corrected chi connectivity index (χ1v) is 5.11. The molecule has 0 saturated heterocycles. The Morgan fingerprint density at radius 3 is 2.28 bits per heavy atom. The van der Waals surface area contributed by atoms with Crippen molar-refractivity contribution in [3.8, 4) is 0 Å². The Hall–Kier alpha value is -1.63. The molecule has 0 aromatic carbocycles. The number of halogens is 3. The van der Waals surface area contributed by atoms with Crippen molar-refractivity contribution in [3.63, 3.8) is 0 Å². The average Bonchev–Trinajstić information content (AvgIpc) is 2.24. The molecular weight excluding hydrogens is 249 g/mol. The van der Waals surface area contributed by atoms with E-state index in [4.69, 9.17) is 4.84 Å². The third-order valence-electron chi connectivity index (χ3n) is 1.77. The number of pyridine rings is 1. The molecule has 100 valence electrons. The van der Waals surface area contributed by atoms with Crippen LogP contribution in [-0.2, 0) is 11.0 Å². The van der Waals surface area contributed by atoms with Crippen molar-refractivity contribution in [2.45, 2.75) is 32.5 Å². The molecule has 1 amide bonds. The van der Waals surface area contributed by atoms with Gasteiger partial charge in [0.25, 0.3) is 5.91 Å². The van der Waals surface area contributed by atoms with Crippen LogP contribution in [0, 0.1) is 0 Å². The fraction of sp³-hybridized carbons (Fsp3) is 0.455. The van der Waals surface area contributed by atoms with Crippen molar-refractivity contribution in [3.05, 3.63) is 29.6 Å². The van der Waals surface area contributed by atoms with Crippen LogP contribution in [0.2, 0.25) is 0 Å². The Morgan fingerprint density at radius 1 is 1.28 bits per heavy atom. The number of carbonyl (C=O) groups excluding carboxylic acids is 1. The van der Waals surface area contributed by atoms with Crippen LogP contribution in [0.3, 0.4) is 0 Å². The predicted molar refractivity (Wildman–Crippen MR) is 57.5 cm³/mol. The largest absolute Gasteiger partial charge is 0.417 e. The van der Waals surface area contributed by atoms with E-state index in [0.717, 1.165) is 12.1 Å². The summed E-state index contributed by atoms with van der Waals surface area (Å²) in [6, 6.07) is 1.78. The van der Waals surface area contributed by atoms with Gasteiger partial charge in [-0.3, -0.25) is 14.6 Å². The Labute approximate surface area is 102 Å². The molecule has 1 aromatic rings. The Morgan fingerprint density at radius 2 is 1.89 bits per heavy atom. The van der Waals surface area contributed by atoms with Gasteiger partial charge in [-0.2, -0.15) is 13.2 Å². The third-order valence-corrected chi connectivity index (χ3v) is 1.77. The van der Waals surface area contributed by atoms with E-state index in [2.05, 4.69) is 10.5 Å². The first kappa shape index (κ1) is 14.4. The van der Waals surface area contributed by atoms with Crippen LogP contribution in [0.4, 0.5) is 13.2 Å². The van der Waals surface area contributed by atoms with Crippen molar-refractivity contribution in [2.75, 3.05) is 0 Å². The van der Waals surface area contributed by atoms with Crippen molar-refractivity contribution < 1.29 is 22.8 Å². The molecule has 0 bridgehead atoms. The molecule has 0 fully saturated rings. The lowest BCUT2D eigenvalue weighted by atomic mass is 10.2. The maximum absolute atomic E-state index is 12.3. The number of rotatable bonds is 2. The van der Waals surface area contributed by atoms with Gasteiger partial charge in [0.1, 0.15) is 5.69 Å². The van der Waals surface area contributed by atoms with Gasteiger partial charge in [-0.25, -0.2) is 5.48 Å². The van der Waals surface area contributed by atoms with Crippen LogP contribution in [0.5, 0.6) is 0 Å². The highest BCUT2D eigenvalue weighted by Gasteiger charge is 2.31. The molecule has 0 atom stereocenters. The number of hydroxylamine groups is 1. The van der Waals surface area contributed by atoms with Crippen LogP contribution in [0.1, 0.15) is 36.8 Å². The zero-order chi connectivity index (χ0) is 14.0. The summed E-state index contributed by atoms with van der Waals surface area (Å²) in [5, 5.41) is 0. The molecule has 1 heterocycles. The van der Waals surface area contributed by atoms with Crippen LogP contribution >= 0.6 is 0 Å². The lowest BCUT2D eigenvalue weighted by Gasteiger charge is -2.18. The summed E-state index contributed by atoms with van der Waals surface area (Å²) in [7, 11) is 0. The molecule has 0 saturated carbocycles. The van der Waals surface area contributed by atoms with Gasteiger partial charge < -0.3 is 0 Å². The Balaban J connectivity index is 2.71. The summed E-state index contributed by atoms with van der Waals surface area (Å²) in [4.78, 5) is 19.9. The first-order chi connectivity index (χ1) is 8.09. The molecule has 1 rings (SSSR count). The SMILES string of the molecule is CC(C)(C)ONC(=O)c1ccc(C(F)(F)F)cn1. The highest BCUT2D eigenvalue weighted by molar-refractivity contribution is 5.91. The summed E-state index contributed by atoms with van der Waals surface area (Å²) in [6.07, 6.45) is -3.87. The summed E-state index contributed by atoms with van der Waals surface area (Å²) >= 11 is 0. The average molecular weight is 262 g/mol. The standard InChI is InChI=1S/C11H13F3N2O2/c1-10(2,3)18-16-9(17)8-5-4-7(6-15-8)11(12,13)14/h4-6H,1-3H3,(H,16,17). The van der Waals surface area contributed by atoms with Crippen molar-refractivity contribution >= 4 is 5.91 Å². The van der Waals surface area contributed by atoms with E-state index >= 15 is 0 Å². The molecule has 4 nitrogen and oxygen atoms in total. The zero-order valence-electron chi connectivity index (χ0n) is 10.1. The normalized spacial score (nSPS) is 12.3. The molecule has 0 spiro atoms. The van der Waals surface area contributed by atoms with E-state index < -0.39 is 23.2 Å². The summed E-state index contributed by atoms with van der Waals surface area (Å²) in [5.74, 6) is -0.696. The number of nitrogens with one attached hydrogen (secondary N) is 1. The Bertz CT molecular complexity index is 421. The van der Waals surface area contributed by atoms with Gasteiger partial charge in [0.2, 0.25) is 0 Å². The predicted octanol–water partition coefficient (Wildman–Crippen LogP) is 2.56. The molecule has 1 aromatic heterocycles. The number of alkyl halides is 3. The van der Waals surface area contributed by atoms with Gasteiger partial charge in [-0.15, -0.1) is 0 Å². The molecule has 18 heavy (non-hydrogen) atoms. The molecule has 0 radical (unpaired) electrons. The van der Waals surface area contributed by atoms with E-state index in [1.807, 2.05) is 0 Å². The van der Waals surface area contributed by atoms with E-state index in [1.54, 1.807) is 20.8 Å². The topological polar surface area (TPSA) is 51.2 Å². The van der Waals surface area contributed by atoms with Gasteiger partial charge in [-0.1, -0.05) is 0 Å². The highest BCUT2D eigenvalue weighted by atomic mass is 19.4. The molecule has 1 N–H and O–H groups in total. The lowest BCUT2D eigenvalue weighted by Crippen LogP contribution is -2.34. The third kappa shape index (κ3) is 4.33. The maximum atomic E-state index is 12.3. The smallest absolute Gasteiger partial charge is 0.268 e. The minimum Gasteiger partial charge on any atom is -0.268 e. The maximum Gasteiger partial charge on any atom is 0.417 e. The second kappa shape index (κ2) is 4.93. The minimum absolute atomic E-state index is 0.146. The van der Waals surface area contributed by atoms with Crippen LogP contribution < -0.4 is 5.48 Å². The van der Waals surface area contributed by atoms with E-state index in [0.29, 0.717) is 6.20 Å². The number of hydrogen-bond donors (Lipinski definition) is 1. The number of carbonyl (C=O) groups is 1. The van der Waals surface area contributed by atoms with E-state index in [9.17, 15) is 18.0 Å². The van der Waals surface area contributed by atoms with Crippen molar-refractivity contribution in [1.82, 2.24) is 10.5 Å². The number of amides is 1. The van der Waals surface area contributed by atoms with Gasteiger partial charge >= 0.3 is 6.18 Å². The fourth-order valence-corrected chi connectivity index (χ4v) is 0.948. The molecule has 0 unspecified atom stereocenters. The molecule has 0 aliphatic rings. The van der Waals surface area contributed by atoms with E-state index in [-0.39, 0.29) is 5.69 Å². The van der Waals surface area contributed by atoms with Crippen molar-refractivity contribution in [1.29, 1.82) is 0 Å². The highest BCUT2D eigenvalue weighted by Crippen LogP contribution is 2.28. The minimum atomic E-state index is -4.47. The summed E-state index contributed by atoms with van der Waals surface area (Å²) in [6.45, 7) is 5.15. The number of nitrogens with zero attached hydrogens (tertiary/aromatic N) is 1. The van der Waals surface area contributed by atoms with Crippen LogP contribution in [0.15, 0.2) is 18.3 Å². The zero-order valence-corrected chi connectivity index (χ0v) is 10.1. The first-order valence-electron chi connectivity index (χ1n) is 5.11. The second-order valence-corrected chi connectivity index (χ2v) is 4.58. The molecule has 7 heteroatoms. The Kier molecular flexibility index (Phi) is 3.95. The van der Waals surface area contributed by atoms with Gasteiger partial charge in [0, 0.05) is 6.20 Å². The van der Waals surface area contributed by atoms with E-state index in [1.165, 1.54) is 0 Å². The number of aromatic nitrogens is 1. The summed E-state index contributed by atoms with van der Waals surface area (Å²) in [5.41, 5.74) is 0.466. The number of hydrogen-bond acceptors (Lipinski definition) is 3. The fourth-order valence-electron chi connectivity index (χ4n) is 0.948. The molecular formula is C11H13F3N2O2. The lowest BCUT2D eigenvalue weighted by molar-refractivity contribution is -0.137. The van der Waals surface area contributed by atoms with Gasteiger partial charge in [0.05, 0.1) is 11.2 Å². The monoisotopic (exact) mass is 262 g/mol. The molecule has 0 aliphatic heterocycles. The van der Waals surface area contributed by atoms with Crippen LogP contribution in [0.25, 0.3) is 0 Å².